The van der Waals surface area contributed by atoms with E-state index in [9.17, 15) is 22.8 Å². The molecule has 1 unspecified atom stereocenters. The molecule has 4 nitrogen and oxygen atoms in total. The molecule has 0 saturated heterocycles. The second kappa shape index (κ2) is 6.80. The van der Waals surface area contributed by atoms with E-state index in [2.05, 4.69) is 9.47 Å². The van der Waals surface area contributed by atoms with Gasteiger partial charge in [0, 0.05) is 5.56 Å². The van der Waals surface area contributed by atoms with Crippen LogP contribution in [-0.2, 0) is 4.74 Å². The first kappa shape index (κ1) is 17.3. The Morgan fingerprint density at radius 3 is 2.43 bits per heavy atom. The first-order valence-corrected chi connectivity index (χ1v) is 6.34. The fourth-order valence-electron chi connectivity index (χ4n) is 1.49. The molecule has 21 heavy (non-hydrogen) atoms. The number of carbonyl (C=O) groups excluding carboxylic acids is 2. The van der Waals surface area contributed by atoms with Crippen LogP contribution in [0.25, 0.3) is 0 Å². The van der Waals surface area contributed by atoms with Crippen molar-refractivity contribution in [2.45, 2.75) is 25.6 Å². The predicted octanol–water partition coefficient (Wildman–Crippen LogP) is 3.57. The maximum Gasteiger partial charge on any atom is 0.573 e. The Kier molecular flexibility index (Phi) is 5.60. The molecule has 0 aliphatic carbocycles. The molecule has 0 heterocycles. The van der Waals surface area contributed by atoms with Gasteiger partial charge in [-0.1, -0.05) is 0 Å². The maximum absolute atomic E-state index is 12.3. The standard InChI is InChI=1S/C13H12ClF3O4/c1-3-20-12(19)9-6-8(11(18)7(2)14)4-5-10(9)21-13(15,16)17/h4-7H,3H2,1-2H3. The van der Waals surface area contributed by atoms with Gasteiger partial charge in [-0.2, -0.15) is 0 Å². The molecule has 0 aliphatic rings. The van der Waals surface area contributed by atoms with Gasteiger partial charge in [-0.25, -0.2) is 4.79 Å². The molecular formula is C13H12ClF3O4. The third kappa shape index (κ3) is 4.93. The van der Waals surface area contributed by atoms with Crippen molar-refractivity contribution < 1.29 is 32.2 Å². The minimum Gasteiger partial charge on any atom is -0.462 e. The summed E-state index contributed by atoms with van der Waals surface area (Å²) in [5.41, 5.74) is -0.493. The first-order valence-electron chi connectivity index (χ1n) is 5.91. The maximum atomic E-state index is 12.3. The molecule has 0 aromatic heterocycles. The Balaban J connectivity index is 3.26. The highest BCUT2D eigenvalue weighted by Gasteiger charge is 2.33. The van der Waals surface area contributed by atoms with E-state index in [1.54, 1.807) is 0 Å². The zero-order valence-corrected chi connectivity index (χ0v) is 11.9. The molecule has 0 N–H and O–H groups in total. The molecule has 1 atom stereocenters. The van der Waals surface area contributed by atoms with Crippen molar-refractivity contribution in [1.29, 1.82) is 0 Å². The van der Waals surface area contributed by atoms with Crippen LogP contribution in [0.15, 0.2) is 18.2 Å². The van der Waals surface area contributed by atoms with Crippen molar-refractivity contribution in [3.8, 4) is 5.75 Å². The SMILES string of the molecule is CCOC(=O)c1cc(C(=O)C(C)Cl)ccc1OC(F)(F)F. The largest absolute Gasteiger partial charge is 0.573 e. The molecule has 0 fully saturated rings. The fraction of sp³-hybridized carbons (Fsp3) is 0.385. The van der Waals surface area contributed by atoms with Gasteiger partial charge >= 0.3 is 12.3 Å². The zero-order chi connectivity index (χ0) is 16.2. The zero-order valence-electron chi connectivity index (χ0n) is 11.2. The molecule has 1 aromatic rings. The highest BCUT2D eigenvalue weighted by Crippen LogP contribution is 2.28. The number of halogens is 4. The number of carbonyl (C=O) groups is 2. The smallest absolute Gasteiger partial charge is 0.462 e. The Morgan fingerprint density at radius 2 is 1.95 bits per heavy atom. The van der Waals surface area contributed by atoms with Crippen molar-refractivity contribution in [2.24, 2.45) is 0 Å². The summed E-state index contributed by atoms with van der Waals surface area (Å²) in [6, 6.07) is 2.96. The summed E-state index contributed by atoms with van der Waals surface area (Å²) in [7, 11) is 0. The van der Waals surface area contributed by atoms with Gasteiger partial charge in [0.05, 0.1) is 12.0 Å². The summed E-state index contributed by atoms with van der Waals surface area (Å²) in [5.74, 6) is -2.28. The van der Waals surface area contributed by atoms with Gasteiger partial charge in [0.2, 0.25) is 0 Å². The van der Waals surface area contributed by atoms with Crippen LogP contribution in [0.2, 0.25) is 0 Å². The van der Waals surface area contributed by atoms with Crippen LogP contribution in [0, 0.1) is 0 Å². The van der Waals surface area contributed by atoms with Crippen molar-refractivity contribution >= 4 is 23.4 Å². The van der Waals surface area contributed by atoms with Crippen LogP contribution >= 0.6 is 11.6 Å². The minimum atomic E-state index is -4.97. The number of hydrogen-bond acceptors (Lipinski definition) is 4. The van der Waals surface area contributed by atoms with E-state index in [1.807, 2.05) is 0 Å². The molecular weight excluding hydrogens is 313 g/mol. The van der Waals surface area contributed by atoms with Crippen molar-refractivity contribution in [2.75, 3.05) is 6.61 Å². The summed E-state index contributed by atoms with van der Waals surface area (Å²) < 4.78 is 45.3. The minimum absolute atomic E-state index is 0.00456. The lowest BCUT2D eigenvalue weighted by molar-refractivity contribution is -0.274. The van der Waals surface area contributed by atoms with E-state index in [0.717, 1.165) is 18.2 Å². The van der Waals surface area contributed by atoms with Gasteiger partial charge in [-0.3, -0.25) is 4.79 Å². The second-order valence-electron chi connectivity index (χ2n) is 3.96. The Bertz CT molecular complexity index is 541. The lowest BCUT2D eigenvalue weighted by Crippen LogP contribution is -2.20. The Hall–Kier alpha value is -1.76. The number of Topliss-reactive ketones (excluding diaryl/α,β-unsaturated/α-hetero) is 1. The van der Waals surface area contributed by atoms with Gasteiger partial charge < -0.3 is 9.47 Å². The molecule has 116 valence electrons. The average molecular weight is 325 g/mol. The van der Waals surface area contributed by atoms with Crippen LogP contribution in [0.1, 0.15) is 34.6 Å². The van der Waals surface area contributed by atoms with Gasteiger partial charge in [-0.05, 0) is 32.0 Å². The molecule has 0 bridgehead atoms. The summed E-state index contributed by atoms with van der Waals surface area (Å²) in [5, 5.41) is -0.880. The quantitative estimate of drug-likeness (QED) is 0.472. The summed E-state index contributed by atoms with van der Waals surface area (Å²) in [4.78, 5) is 23.4. The van der Waals surface area contributed by atoms with Crippen molar-refractivity contribution in [3.05, 3.63) is 29.3 Å². The predicted molar refractivity (Wildman–Crippen MR) is 68.7 cm³/mol. The van der Waals surface area contributed by atoms with E-state index in [0.29, 0.717) is 0 Å². The van der Waals surface area contributed by atoms with Crippen molar-refractivity contribution in [1.82, 2.24) is 0 Å². The lowest BCUT2D eigenvalue weighted by atomic mass is 10.0. The number of esters is 1. The summed E-state index contributed by atoms with van der Waals surface area (Å²) in [6.45, 7) is 2.88. The van der Waals surface area contributed by atoms with Gasteiger partial charge in [0.1, 0.15) is 11.3 Å². The van der Waals surface area contributed by atoms with Gasteiger partial charge in [0.15, 0.2) is 5.78 Å². The molecule has 1 aromatic carbocycles. The third-order valence-corrected chi connectivity index (χ3v) is 2.54. The number of hydrogen-bond donors (Lipinski definition) is 0. The van der Waals surface area contributed by atoms with Crippen LogP contribution in [0.5, 0.6) is 5.75 Å². The Labute approximate surface area is 123 Å². The third-order valence-electron chi connectivity index (χ3n) is 2.35. The number of rotatable bonds is 5. The van der Waals surface area contributed by atoms with E-state index in [-0.39, 0.29) is 12.2 Å². The summed E-state index contributed by atoms with van der Waals surface area (Å²) >= 11 is 5.63. The topological polar surface area (TPSA) is 52.6 Å². The molecule has 1 rings (SSSR count). The lowest BCUT2D eigenvalue weighted by Gasteiger charge is -2.14. The van der Waals surface area contributed by atoms with Crippen molar-refractivity contribution in [3.63, 3.8) is 0 Å². The van der Waals surface area contributed by atoms with E-state index >= 15 is 0 Å². The van der Waals surface area contributed by atoms with Crippen LogP contribution in [0.4, 0.5) is 13.2 Å². The number of ether oxygens (including phenoxy) is 2. The van der Waals surface area contributed by atoms with Gasteiger partial charge in [0.25, 0.3) is 0 Å². The average Bonchev–Trinajstić information content (AvgIpc) is 2.36. The van der Waals surface area contributed by atoms with E-state index in [1.165, 1.54) is 13.8 Å². The van der Waals surface area contributed by atoms with Crippen LogP contribution < -0.4 is 4.74 Å². The van der Waals surface area contributed by atoms with Crippen LogP contribution in [-0.4, -0.2) is 30.1 Å². The number of ketones is 1. The van der Waals surface area contributed by atoms with E-state index < -0.39 is 34.8 Å². The molecule has 0 aliphatic heterocycles. The number of benzene rings is 1. The summed E-state index contributed by atoms with van der Waals surface area (Å²) in [6.07, 6.45) is -4.97. The monoisotopic (exact) mass is 324 g/mol. The Morgan fingerprint density at radius 1 is 1.33 bits per heavy atom. The molecule has 0 saturated carbocycles. The molecule has 8 heteroatoms. The second-order valence-corrected chi connectivity index (χ2v) is 4.61. The molecule has 0 spiro atoms. The van der Waals surface area contributed by atoms with Crippen LogP contribution in [0.3, 0.4) is 0 Å². The fourth-order valence-corrected chi connectivity index (χ4v) is 1.62. The first-order chi connectivity index (χ1) is 9.65. The van der Waals surface area contributed by atoms with Gasteiger partial charge in [-0.15, -0.1) is 24.8 Å². The normalized spacial score (nSPS) is 12.7. The molecule has 0 amide bonds. The number of alkyl halides is 4. The highest BCUT2D eigenvalue weighted by molar-refractivity contribution is 6.33. The highest BCUT2D eigenvalue weighted by atomic mass is 35.5. The van der Waals surface area contributed by atoms with E-state index in [4.69, 9.17) is 11.6 Å². The molecule has 0 radical (unpaired) electrons.